The molecule has 0 spiro atoms. The minimum atomic E-state index is -0.241. The Balaban J connectivity index is 2.46. The van der Waals surface area contributed by atoms with E-state index in [4.69, 9.17) is 30.2 Å². The third kappa shape index (κ3) is 1.81. The van der Waals surface area contributed by atoms with Crippen LogP contribution < -0.4 is 0 Å². The Morgan fingerprint density at radius 1 is 0.750 bits per heavy atom. The van der Waals surface area contributed by atoms with Crippen molar-refractivity contribution < 1.29 is 0 Å². The van der Waals surface area contributed by atoms with Gasteiger partial charge in [0, 0.05) is 0 Å². The second-order valence-electron chi connectivity index (χ2n) is 4.18. The van der Waals surface area contributed by atoms with Crippen molar-refractivity contribution in [1.29, 1.82) is 10.5 Å². The molecule has 0 atom stereocenters. The summed E-state index contributed by atoms with van der Waals surface area (Å²) in [6.45, 7) is 21.1. The monoisotopic (exact) mass is 308 g/mol. The zero-order valence-corrected chi connectivity index (χ0v) is 11.5. The predicted molar refractivity (Wildman–Crippen MR) is 77.3 cm³/mol. The third-order valence-corrected chi connectivity index (χ3v) is 3.00. The van der Waals surface area contributed by atoms with Gasteiger partial charge in [-0.1, -0.05) is 13.1 Å². The van der Waals surface area contributed by atoms with Crippen molar-refractivity contribution in [3.8, 4) is 23.5 Å². The molecule has 0 radical (unpaired) electrons. The molecular weight excluding hydrogens is 308 g/mol. The fourth-order valence-electron chi connectivity index (χ4n) is 2.08. The van der Waals surface area contributed by atoms with Crippen molar-refractivity contribution >= 4 is 17.3 Å². The molecule has 24 heavy (non-hydrogen) atoms. The predicted octanol–water partition coefficient (Wildman–Crippen LogP) is 1.76. The van der Waals surface area contributed by atoms with Crippen molar-refractivity contribution in [2.45, 2.75) is 0 Å². The molecule has 2 aromatic rings. The van der Waals surface area contributed by atoms with Gasteiger partial charge in [-0.15, -0.1) is 14.9 Å². The molecule has 0 saturated heterocycles. The molecule has 2 heterocycles. The quantitative estimate of drug-likeness (QED) is 0.460. The van der Waals surface area contributed by atoms with Crippen LogP contribution in [0.15, 0.2) is 5.10 Å². The van der Waals surface area contributed by atoms with E-state index in [1.807, 2.05) is 0 Å². The SMILES string of the molecule is [C-]#[N+]N=C1c2nc(C#N)c(C#N)nc2-c2nc([N+]#[C-])c([N+]#[C-])nc21. The van der Waals surface area contributed by atoms with Crippen LogP contribution in [0.5, 0.6) is 0 Å². The normalized spacial score (nSPS) is 12.0. The van der Waals surface area contributed by atoms with Crippen LogP contribution in [0.3, 0.4) is 0 Å². The number of hydrogen-bond donors (Lipinski definition) is 0. The largest absolute Gasteiger partial charge is 0.370 e. The molecule has 0 aliphatic heterocycles. The lowest BCUT2D eigenvalue weighted by atomic mass is 10.2. The van der Waals surface area contributed by atoms with Gasteiger partial charge in [0.1, 0.15) is 23.5 Å². The number of nitriles is 2. The maximum Gasteiger partial charge on any atom is 0.294 e. The zero-order chi connectivity index (χ0) is 17.3. The molecule has 0 fully saturated rings. The third-order valence-electron chi connectivity index (χ3n) is 3.00. The van der Waals surface area contributed by atoms with Gasteiger partial charge < -0.3 is 9.69 Å². The average Bonchev–Trinajstić information content (AvgIpc) is 2.91. The summed E-state index contributed by atoms with van der Waals surface area (Å²) in [6.07, 6.45) is 0. The van der Waals surface area contributed by atoms with E-state index in [1.165, 1.54) is 0 Å². The van der Waals surface area contributed by atoms with E-state index in [9.17, 15) is 0 Å². The molecule has 10 heteroatoms. The number of aromatic nitrogens is 4. The molecule has 1 aliphatic carbocycles. The topological polar surface area (TPSA) is 125 Å². The van der Waals surface area contributed by atoms with E-state index < -0.39 is 0 Å². The summed E-state index contributed by atoms with van der Waals surface area (Å²) >= 11 is 0. The van der Waals surface area contributed by atoms with Crippen molar-refractivity contribution in [2.24, 2.45) is 5.10 Å². The first-order valence-electron chi connectivity index (χ1n) is 6.03. The number of rotatable bonds is 0. The molecule has 0 unspecified atom stereocenters. The highest BCUT2D eigenvalue weighted by Crippen LogP contribution is 2.37. The minimum absolute atomic E-state index is 0.00239. The molecule has 1 aliphatic rings. The first-order valence-corrected chi connectivity index (χ1v) is 6.03. The highest BCUT2D eigenvalue weighted by molar-refractivity contribution is 6.21. The molecule has 0 N–H and O–H groups in total. The van der Waals surface area contributed by atoms with Crippen LogP contribution in [0.4, 0.5) is 11.6 Å². The lowest BCUT2D eigenvalue weighted by molar-refractivity contribution is 1.12. The van der Waals surface area contributed by atoms with Gasteiger partial charge in [0.2, 0.25) is 17.1 Å². The van der Waals surface area contributed by atoms with Crippen LogP contribution in [0.2, 0.25) is 0 Å². The molecule has 2 aromatic heterocycles. The lowest BCUT2D eigenvalue weighted by Gasteiger charge is -1.97. The van der Waals surface area contributed by atoms with Crippen molar-refractivity contribution in [1.82, 2.24) is 19.9 Å². The Morgan fingerprint density at radius 3 is 1.71 bits per heavy atom. The Hall–Kier alpha value is -4.72. The highest BCUT2D eigenvalue weighted by Gasteiger charge is 2.41. The molecular formula is C14N10. The van der Waals surface area contributed by atoms with Crippen LogP contribution in [0, 0.1) is 42.4 Å². The molecule has 106 valence electrons. The van der Waals surface area contributed by atoms with E-state index in [-0.39, 0.29) is 51.5 Å². The van der Waals surface area contributed by atoms with Crippen LogP contribution in [-0.4, -0.2) is 25.6 Å². The standard InChI is InChI=1S/C14N10/c1-17-13-14(18-2)23-11-9(22-13)8-10(12(11)24-19-3)21-7(5-16)6(4-15)20-8. The van der Waals surface area contributed by atoms with E-state index in [2.05, 4.69) is 39.7 Å². The summed E-state index contributed by atoms with van der Waals surface area (Å²) in [4.78, 5) is 25.3. The number of nitrogens with zero attached hydrogens (tertiary/aromatic N) is 10. The summed E-state index contributed by atoms with van der Waals surface area (Å²) < 4.78 is 0. The fourth-order valence-corrected chi connectivity index (χ4v) is 2.08. The van der Waals surface area contributed by atoms with Gasteiger partial charge in [0.25, 0.3) is 11.6 Å². The smallest absolute Gasteiger partial charge is 0.294 e. The molecule has 0 saturated carbocycles. The Labute approximate surface area is 134 Å². The van der Waals surface area contributed by atoms with Crippen LogP contribution in [0.1, 0.15) is 22.8 Å². The maximum absolute atomic E-state index is 9.07. The molecule has 3 rings (SSSR count). The Morgan fingerprint density at radius 2 is 1.21 bits per heavy atom. The summed E-state index contributed by atoms with van der Waals surface area (Å²) in [6, 6.07) is 3.50. The van der Waals surface area contributed by atoms with E-state index in [0.717, 1.165) is 0 Å². The Kier molecular flexibility index (Phi) is 3.11. The van der Waals surface area contributed by atoms with Gasteiger partial charge in [0.15, 0.2) is 11.4 Å². The van der Waals surface area contributed by atoms with Crippen molar-refractivity contribution in [2.75, 3.05) is 0 Å². The van der Waals surface area contributed by atoms with Crippen LogP contribution in [0.25, 0.3) is 26.0 Å². The Bertz CT molecular complexity index is 1070. The van der Waals surface area contributed by atoms with Gasteiger partial charge in [-0.25, -0.2) is 9.97 Å². The van der Waals surface area contributed by atoms with Gasteiger partial charge in [-0.2, -0.15) is 17.1 Å². The maximum atomic E-state index is 9.07. The molecule has 0 bridgehead atoms. The molecule has 10 nitrogen and oxygen atoms in total. The lowest BCUT2D eigenvalue weighted by Crippen LogP contribution is -2.05. The fraction of sp³-hybridized carbons (Fsp3) is 0. The van der Waals surface area contributed by atoms with Crippen LogP contribution >= 0.6 is 0 Å². The van der Waals surface area contributed by atoms with Gasteiger partial charge in [0.05, 0.1) is 5.10 Å². The molecule has 0 amide bonds. The van der Waals surface area contributed by atoms with E-state index >= 15 is 0 Å². The zero-order valence-electron chi connectivity index (χ0n) is 11.5. The van der Waals surface area contributed by atoms with E-state index in [0.29, 0.717) is 0 Å². The summed E-state index contributed by atoms with van der Waals surface area (Å²) in [5.41, 5.74) is -0.120. The summed E-state index contributed by atoms with van der Waals surface area (Å²) in [7, 11) is 0. The first-order chi connectivity index (χ1) is 11.7. The van der Waals surface area contributed by atoms with Crippen LogP contribution in [-0.2, 0) is 0 Å². The average molecular weight is 308 g/mol. The number of fused-ring (bicyclic) bond motifs is 3. The second kappa shape index (κ2) is 5.24. The van der Waals surface area contributed by atoms with Gasteiger partial charge >= 0.3 is 0 Å². The van der Waals surface area contributed by atoms with Crippen molar-refractivity contribution in [3.05, 3.63) is 57.1 Å². The van der Waals surface area contributed by atoms with Gasteiger partial charge in [-0.3, -0.25) is 0 Å². The highest BCUT2D eigenvalue weighted by atomic mass is 15.2. The second-order valence-corrected chi connectivity index (χ2v) is 4.18. The minimum Gasteiger partial charge on any atom is -0.370 e. The van der Waals surface area contributed by atoms with Gasteiger partial charge in [-0.05, 0) is 0 Å². The molecule has 0 aromatic carbocycles. The van der Waals surface area contributed by atoms with E-state index in [1.54, 1.807) is 12.1 Å². The summed E-state index contributed by atoms with van der Waals surface area (Å²) in [5, 5.41) is 21.7. The number of hydrogen-bond acceptors (Lipinski definition) is 7. The summed E-state index contributed by atoms with van der Waals surface area (Å²) in [5.74, 6) is -0.473. The van der Waals surface area contributed by atoms with Crippen molar-refractivity contribution in [3.63, 3.8) is 0 Å². The first kappa shape index (κ1) is 14.2.